The van der Waals surface area contributed by atoms with E-state index < -0.39 is 0 Å². The highest BCUT2D eigenvalue weighted by Crippen LogP contribution is 2.39. The maximum Gasteiger partial charge on any atom is 0.231 e. The van der Waals surface area contributed by atoms with E-state index in [1.54, 1.807) is 6.07 Å². The number of carbonyl (C=O) groups is 1. The molecule has 7 heteroatoms. The number of hydrogen-bond acceptors (Lipinski definition) is 4. The number of halogens is 1. The molecule has 1 unspecified atom stereocenters. The predicted molar refractivity (Wildman–Crippen MR) is 90.5 cm³/mol. The minimum Gasteiger partial charge on any atom is -0.454 e. The Morgan fingerprint density at radius 3 is 2.92 bits per heavy atom. The minimum absolute atomic E-state index is 0.0173. The summed E-state index contributed by atoms with van der Waals surface area (Å²) in [6, 6.07) is 3.62. The van der Waals surface area contributed by atoms with Crippen molar-refractivity contribution in [3.05, 3.63) is 39.7 Å². The van der Waals surface area contributed by atoms with Crippen molar-refractivity contribution in [2.24, 2.45) is 0 Å². The van der Waals surface area contributed by atoms with Crippen LogP contribution in [0.5, 0.6) is 11.5 Å². The normalized spacial score (nSPS) is 13.8. The SMILES string of the molecule is Cc1n[nH]c(C)c1C(C)CC(=O)NCc1cc(Cl)c2c(c1)OCO2. The molecule has 1 aliphatic heterocycles. The molecule has 1 aromatic heterocycles. The molecule has 24 heavy (non-hydrogen) atoms. The molecule has 2 aromatic rings. The summed E-state index contributed by atoms with van der Waals surface area (Å²) >= 11 is 6.15. The highest BCUT2D eigenvalue weighted by atomic mass is 35.5. The largest absolute Gasteiger partial charge is 0.454 e. The summed E-state index contributed by atoms with van der Waals surface area (Å²) in [7, 11) is 0. The number of rotatable bonds is 5. The average Bonchev–Trinajstić information content (AvgIpc) is 3.12. The van der Waals surface area contributed by atoms with Crippen LogP contribution in [-0.2, 0) is 11.3 Å². The minimum atomic E-state index is -0.0173. The van der Waals surface area contributed by atoms with Crippen molar-refractivity contribution in [1.82, 2.24) is 15.5 Å². The smallest absolute Gasteiger partial charge is 0.231 e. The predicted octanol–water partition coefficient (Wildman–Crippen LogP) is 3.22. The number of hydrogen-bond donors (Lipinski definition) is 2. The Labute approximate surface area is 145 Å². The Bertz CT molecular complexity index is 753. The van der Waals surface area contributed by atoms with Crippen LogP contribution in [0, 0.1) is 13.8 Å². The number of fused-ring (bicyclic) bond motifs is 1. The molecule has 1 atom stereocenters. The van der Waals surface area contributed by atoms with Crippen LogP contribution in [0.3, 0.4) is 0 Å². The van der Waals surface area contributed by atoms with Crippen molar-refractivity contribution < 1.29 is 14.3 Å². The first kappa shape index (κ1) is 16.6. The molecule has 1 amide bonds. The zero-order chi connectivity index (χ0) is 17.3. The lowest BCUT2D eigenvalue weighted by Crippen LogP contribution is -2.24. The van der Waals surface area contributed by atoms with Crippen LogP contribution in [0.15, 0.2) is 12.1 Å². The van der Waals surface area contributed by atoms with Crippen molar-refractivity contribution in [1.29, 1.82) is 0 Å². The van der Waals surface area contributed by atoms with Crippen LogP contribution >= 0.6 is 11.6 Å². The van der Waals surface area contributed by atoms with E-state index in [0.29, 0.717) is 29.5 Å². The maximum atomic E-state index is 12.2. The molecular weight excluding hydrogens is 330 g/mol. The zero-order valence-corrected chi connectivity index (χ0v) is 14.7. The lowest BCUT2D eigenvalue weighted by Gasteiger charge is -2.13. The second-order valence-electron chi connectivity index (χ2n) is 6.04. The lowest BCUT2D eigenvalue weighted by molar-refractivity contribution is -0.121. The van der Waals surface area contributed by atoms with Gasteiger partial charge >= 0.3 is 0 Å². The first-order valence-electron chi connectivity index (χ1n) is 7.82. The topological polar surface area (TPSA) is 76.2 Å². The van der Waals surface area contributed by atoms with E-state index in [-0.39, 0.29) is 18.6 Å². The number of benzene rings is 1. The van der Waals surface area contributed by atoms with Crippen LogP contribution in [0.4, 0.5) is 0 Å². The van der Waals surface area contributed by atoms with Crippen LogP contribution in [0.1, 0.15) is 41.8 Å². The number of ether oxygens (including phenoxy) is 2. The van der Waals surface area contributed by atoms with Crippen molar-refractivity contribution >= 4 is 17.5 Å². The summed E-state index contributed by atoms with van der Waals surface area (Å²) in [5, 5.41) is 10.6. The molecule has 6 nitrogen and oxygen atoms in total. The summed E-state index contributed by atoms with van der Waals surface area (Å²) in [4.78, 5) is 12.2. The van der Waals surface area contributed by atoms with Crippen LogP contribution in [0.2, 0.25) is 5.02 Å². The summed E-state index contributed by atoms with van der Waals surface area (Å²) in [5.74, 6) is 1.26. The lowest BCUT2D eigenvalue weighted by atomic mass is 9.95. The van der Waals surface area contributed by atoms with Gasteiger partial charge in [0.25, 0.3) is 0 Å². The molecule has 0 saturated heterocycles. The number of nitrogens with zero attached hydrogens (tertiary/aromatic N) is 1. The maximum absolute atomic E-state index is 12.2. The molecule has 1 aromatic carbocycles. The van der Waals surface area contributed by atoms with Gasteiger partial charge < -0.3 is 14.8 Å². The van der Waals surface area contributed by atoms with Crippen LogP contribution in [0.25, 0.3) is 0 Å². The van der Waals surface area contributed by atoms with Gasteiger partial charge in [-0.2, -0.15) is 5.10 Å². The molecule has 1 aliphatic rings. The van der Waals surface area contributed by atoms with E-state index in [2.05, 4.69) is 15.5 Å². The Balaban J connectivity index is 1.59. The van der Waals surface area contributed by atoms with E-state index in [1.807, 2.05) is 26.8 Å². The molecule has 0 bridgehead atoms. The summed E-state index contributed by atoms with van der Waals surface area (Å²) in [5.41, 5.74) is 3.93. The van der Waals surface area contributed by atoms with E-state index in [0.717, 1.165) is 22.5 Å². The van der Waals surface area contributed by atoms with E-state index >= 15 is 0 Å². The van der Waals surface area contributed by atoms with E-state index in [9.17, 15) is 4.79 Å². The summed E-state index contributed by atoms with van der Waals surface area (Å²) < 4.78 is 10.6. The van der Waals surface area contributed by atoms with Gasteiger partial charge in [-0.1, -0.05) is 18.5 Å². The molecule has 0 spiro atoms. The van der Waals surface area contributed by atoms with E-state index in [4.69, 9.17) is 21.1 Å². The molecule has 2 N–H and O–H groups in total. The Morgan fingerprint density at radius 1 is 1.42 bits per heavy atom. The third kappa shape index (κ3) is 3.33. The van der Waals surface area contributed by atoms with Gasteiger partial charge in [0.2, 0.25) is 12.7 Å². The number of aryl methyl sites for hydroxylation is 2. The molecule has 0 saturated carbocycles. The molecule has 2 heterocycles. The average molecular weight is 350 g/mol. The molecular formula is C17H20ClN3O3. The quantitative estimate of drug-likeness (QED) is 0.869. The number of carbonyl (C=O) groups excluding carboxylic acids is 1. The Kier molecular flexibility index (Phi) is 4.66. The summed E-state index contributed by atoms with van der Waals surface area (Å²) in [6.45, 7) is 6.51. The fraction of sp³-hybridized carbons (Fsp3) is 0.412. The van der Waals surface area contributed by atoms with Gasteiger partial charge in [0.15, 0.2) is 11.5 Å². The van der Waals surface area contributed by atoms with Gasteiger partial charge in [-0.3, -0.25) is 9.89 Å². The van der Waals surface area contributed by atoms with Crippen LogP contribution < -0.4 is 14.8 Å². The van der Waals surface area contributed by atoms with Gasteiger partial charge in [0.1, 0.15) is 0 Å². The van der Waals surface area contributed by atoms with Gasteiger partial charge in [0.05, 0.1) is 10.7 Å². The molecule has 3 rings (SSSR count). The summed E-state index contributed by atoms with van der Waals surface area (Å²) in [6.07, 6.45) is 0.402. The van der Waals surface area contributed by atoms with Gasteiger partial charge in [-0.25, -0.2) is 0 Å². The van der Waals surface area contributed by atoms with Crippen molar-refractivity contribution in [3.63, 3.8) is 0 Å². The number of aromatic nitrogens is 2. The molecule has 0 fully saturated rings. The van der Waals surface area contributed by atoms with Crippen molar-refractivity contribution in [3.8, 4) is 11.5 Å². The van der Waals surface area contributed by atoms with Crippen molar-refractivity contribution in [2.45, 2.75) is 39.7 Å². The number of nitrogens with one attached hydrogen (secondary N) is 2. The molecule has 0 radical (unpaired) electrons. The van der Waals surface area contributed by atoms with Crippen LogP contribution in [-0.4, -0.2) is 22.9 Å². The second kappa shape index (κ2) is 6.73. The van der Waals surface area contributed by atoms with Gasteiger partial charge in [0, 0.05) is 18.7 Å². The fourth-order valence-corrected chi connectivity index (χ4v) is 3.35. The Hall–Kier alpha value is -2.21. The van der Waals surface area contributed by atoms with Crippen molar-refractivity contribution in [2.75, 3.05) is 6.79 Å². The highest BCUT2D eigenvalue weighted by Gasteiger charge is 2.20. The van der Waals surface area contributed by atoms with E-state index in [1.165, 1.54) is 0 Å². The first-order chi connectivity index (χ1) is 11.5. The second-order valence-corrected chi connectivity index (χ2v) is 6.45. The monoisotopic (exact) mass is 349 g/mol. The highest BCUT2D eigenvalue weighted by molar-refractivity contribution is 6.32. The van der Waals surface area contributed by atoms with Gasteiger partial charge in [-0.15, -0.1) is 0 Å². The zero-order valence-electron chi connectivity index (χ0n) is 13.9. The third-order valence-corrected chi connectivity index (χ3v) is 4.43. The number of amides is 1. The molecule has 128 valence electrons. The molecule has 0 aliphatic carbocycles. The fourth-order valence-electron chi connectivity index (χ4n) is 3.06. The number of aromatic amines is 1. The first-order valence-corrected chi connectivity index (χ1v) is 8.19. The van der Waals surface area contributed by atoms with Gasteiger partial charge in [-0.05, 0) is 43.0 Å². The third-order valence-electron chi connectivity index (χ3n) is 4.15. The standard InChI is InChI=1S/C17H20ClN3O3/c1-9(16-10(2)20-21-11(16)3)4-15(22)19-7-12-5-13(18)17-14(6-12)23-8-24-17/h5-6,9H,4,7-8H2,1-3H3,(H,19,22)(H,20,21). The Morgan fingerprint density at radius 2 is 2.21 bits per heavy atom. The number of H-pyrrole nitrogens is 1.